The normalized spacial score (nSPS) is 16.4. The zero-order valence-corrected chi connectivity index (χ0v) is 16.5. The van der Waals surface area contributed by atoms with Crippen LogP contribution in [0.4, 0.5) is 0 Å². The van der Waals surface area contributed by atoms with Gasteiger partial charge in [-0.1, -0.05) is 6.07 Å². The van der Waals surface area contributed by atoms with Gasteiger partial charge in [0.1, 0.15) is 0 Å². The summed E-state index contributed by atoms with van der Waals surface area (Å²) in [5.41, 5.74) is 3.52. The standard InChI is InChI=1S/C21H20N4O2S/c1-3-27-21(26)18-14(2)25-20(28-13-15-5-4-8-24-12-15)17(11-22)19(18)16-6-9-23-10-7-16/h4-10,12,19,25H,3,13H2,1-2H3. The molecule has 142 valence electrons. The van der Waals surface area contributed by atoms with E-state index in [0.717, 1.165) is 16.2 Å². The predicted octanol–water partition coefficient (Wildman–Crippen LogP) is 3.67. The van der Waals surface area contributed by atoms with E-state index in [1.807, 2.05) is 31.2 Å². The van der Waals surface area contributed by atoms with Gasteiger partial charge in [0.2, 0.25) is 0 Å². The van der Waals surface area contributed by atoms with Crippen molar-refractivity contribution in [3.05, 3.63) is 82.1 Å². The number of hydrogen-bond acceptors (Lipinski definition) is 7. The lowest BCUT2D eigenvalue weighted by Crippen LogP contribution is -2.28. The van der Waals surface area contributed by atoms with Crippen molar-refractivity contribution in [2.24, 2.45) is 0 Å². The Labute approximate surface area is 168 Å². The summed E-state index contributed by atoms with van der Waals surface area (Å²) in [5.74, 6) is -0.255. The molecule has 6 nitrogen and oxygen atoms in total. The Morgan fingerprint density at radius 2 is 2.07 bits per heavy atom. The van der Waals surface area contributed by atoms with E-state index >= 15 is 0 Å². The number of esters is 1. The van der Waals surface area contributed by atoms with Crippen LogP contribution >= 0.6 is 11.8 Å². The fourth-order valence-electron chi connectivity index (χ4n) is 3.03. The van der Waals surface area contributed by atoms with Crippen molar-refractivity contribution < 1.29 is 9.53 Å². The number of pyridine rings is 2. The first-order chi connectivity index (χ1) is 13.7. The Morgan fingerprint density at radius 1 is 1.29 bits per heavy atom. The Bertz CT molecular complexity index is 949. The third-order valence-corrected chi connectivity index (χ3v) is 5.38. The Hall–Kier alpha value is -3.11. The first-order valence-electron chi connectivity index (χ1n) is 8.86. The van der Waals surface area contributed by atoms with Crippen molar-refractivity contribution >= 4 is 17.7 Å². The third-order valence-electron chi connectivity index (χ3n) is 4.29. The molecule has 1 aliphatic heterocycles. The minimum atomic E-state index is -0.496. The monoisotopic (exact) mass is 392 g/mol. The van der Waals surface area contributed by atoms with Crippen LogP contribution in [-0.4, -0.2) is 22.5 Å². The van der Waals surface area contributed by atoms with Crippen LogP contribution in [0.3, 0.4) is 0 Å². The van der Waals surface area contributed by atoms with E-state index in [-0.39, 0.29) is 6.61 Å². The molecule has 0 bridgehead atoms. The number of thioether (sulfide) groups is 1. The van der Waals surface area contributed by atoms with Crippen LogP contribution in [0.5, 0.6) is 0 Å². The number of carbonyl (C=O) groups is 1. The summed E-state index contributed by atoms with van der Waals surface area (Å²) < 4.78 is 5.26. The largest absolute Gasteiger partial charge is 0.463 e. The molecule has 3 rings (SSSR count). The van der Waals surface area contributed by atoms with E-state index in [9.17, 15) is 10.1 Å². The number of hydrogen-bond donors (Lipinski definition) is 1. The minimum Gasteiger partial charge on any atom is -0.463 e. The quantitative estimate of drug-likeness (QED) is 0.750. The lowest BCUT2D eigenvalue weighted by molar-refractivity contribution is -0.138. The summed E-state index contributed by atoms with van der Waals surface area (Å²) in [5, 5.41) is 13.9. The molecule has 28 heavy (non-hydrogen) atoms. The second kappa shape index (κ2) is 9.20. The molecule has 0 saturated heterocycles. The summed E-state index contributed by atoms with van der Waals surface area (Å²) in [4.78, 5) is 20.8. The Balaban J connectivity index is 2.01. The summed E-state index contributed by atoms with van der Waals surface area (Å²) >= 11 is 1.52. The predicted molar refractivity (Wildman–Crippen MR) is 108 cm³/mol. The number of rotatable bonds is 6. The number of allylic oxidation sites excluding steroid dienone is 2. The second-order valence-corrected chi connectivity index (χ2v) is 7.09. The molecule has 7 heteroatoms. The van der Waals surface area contributed by atoms with Gasteiger partial charge in [0, 0.05) is 36.2 Å². The van der Waals surface area contributed by atoms with Gasteiger partial charge in [0.05, 0.1) is 34.8 Å². The molecule has 3 heterocycles. The highest BCUT2D eigenvalue weighted by atomic mass is 32.2. The second-order valence-electron chi connectivity index (χ2n) is 6.10. The lowest BCUT2D eigenvalue weighted by Gasteiger charge is -2.29. The average Bonchev–Trinajstić information content (AvgIpc) is 2.73. The van der Waals surface area contributed by atoms with E-state index < -0.39 is 11.9 Å². The molecule has 0 aromatic carbocycles. The van der Waals surface area contributed by atoms with E-state index in [1.165, 1.54) is 11.8 Å². The number of nitrogens with zero attached hydrogens (tertiary/aromatic N) is 3. The summed E-state index contributed by atoms with van der Waals surface area (Å²) in [7, 11) is 0. The molecule has 0 saturated carbocycles. The van der Waals surface area contributed by atoms with E-state index in [4.69, 9.17) is 4.74 Å². The maximum Gasteiger partial charge on any atom is 0.336 e. The van der Waals surface area contributed by atoms with Crippen molar-refractivity contribution in [3.8, 4) is 6.07 Å². The fourth-order valence-corrected chi connectivity index (χ4v) is 4.06. The van der Waals surface area contributed by atoms with Gasteiger partial charge in [-0.25, -0.2) is 4.79 Å². The van der Waals surface area contributed by atoms with Crippen molar-refractivity contribution in [1.29, 1.82) is 5.26 Å². The topological polar surface area (TPSA) is 87.9 Å². The van der Waals surface area contributed by atoms with E-state index in [1.54, 1.807) is 31.7 Å². The maximum atomic E-state index is 12.7. The molecule has 1 atom stereocenters. The van der Waals surface area contributed by atoms with Gasteiger partial charge in [0.15, 0.2) is 0 Å². The Kier molecular flexibility index (Phi) is 6.45. The minimum absolute atomic E-state index is 0.271. The van der Waals surface area contributed by atoms with Crippen LogP contribution in [0.15, 0.2) is 70.9 Å². The van der Waals surface area contributed by atoms with Gasteiger partial charge < -0.3 is 10.1 Å². The van der Waals surface area contributed by atoms with Crippen LogP contribution in [-0.2, 0) is 15.3 Å². The first kappa shape index (κ1) is 19.6. The zero-order chi connectivity index (χ0) is 19.9. The molecule has 0 radical (unpaired) electrons. The molecule has 0 fully saturated rings. The van der Waals surface area contributed by atoms with Gasteiger partial charge in [-0.05, 0) is 43.2 Å². The average molecular weight is 392 g/mol. The van der Waals surface area contributed by atoms with Crippen LogP contribution in [0, 0.1) is 11.3 Å². The molecular formula is C21H20N4O2S. The summed E-state index contributed by atoms with van der Waals surface area (Å²) in [6, 6.07) is 9.82. The Morgan fingerprint density at radius 3 is 2.71 bits per heavy atom. The highest BCUT2D eigenvalue weighted by Crippen LogP contribution is 2.41. The zero-order valence-electron chi connectivity index (χ0n) is 15.7. The first-order valence-corrected chi connectivity index (χ1v) is 9.85. The molecule has 1 N–H and O–H groups in total. The van der Waals surface area contributed by atoms with Crippen molar-refractivity contribution in [1.82, 2.24) is 15.3 Å². The van der Waals surface area contributed by atoms with Crippen molar-refractivity contribution in [3.63, 3.8) is 0 Å². The SMILES string of the molecule is CCOC(=O)C1=C(C)NC(SCc2cccnc2)=C(C#N)C1c1ccncc1. The van der Waals surface area contributed by atoms with Crippen LogP contribution < -0.4 is 5.32 Å². The van der Waals surface area contributed by atoms with Gasteiger partial charge >= 0.3 is 5.97 Å². The summed E-state index contributed by atoms with van der Waals surface area (Å²) in [6.07, 6.45) is 6.85. The van der Waals surface area contributed by atoms with Crippen LogP contribution in [0.1, 0.15) is 30.9 Å². The third kappa shape index (κ3) is 4.24. The molecule has 1 unspecified atom stereocenters. The number of ether oxygens (including phenoxy) is 1. The number of dihydropyridines is 1. The molecular weight excluding hydrogens is 372 g/mol. The van der Waals surface area contributed by atoms with Crippen molar-refractivity contribution in [2.45, 2.75) is 25.5 Å². The van der Waals surface area contributed by atoms with Gasteiger partial charge in [-0.3, -0.25) is 9.97 Å². The van der Waals surface area contributed by atoms with Crippen LogP contribution in [0.2, 0.25) is 0 Å². The number of nitrogens with one attached hydrogen (secondary N) is 1. The highest BCUT2D eigenvalue weighted by molar-refractivity contribution is 8.02. The number of carbonyl (C=O) groups excluding carboxylic acids is 1. The molecule has 2 aromatic heterocycles. The smallest absolute Gasteiger partial charge is 0.336 e. The molecule has 0 spiro atoms. The lowest BCUT2D eigenvalue weighted by atomic mass is 9.83. The van der Waals surface area contributed by atoms with E-state index in [0.29, 0.717) is 22.6 Å². The number of aromatic nitrogens is 2. The van der Waals surface area contributed by atoms with Gasteiger partial charge in [-0.15, -0.1) is 11.8 Å². The number of nitriles is 1. The summed E-state index contributed by atoms with van der Waals surface area (Å²) in [6.45, 7) is 3.87. The van der Waals surface area contributed by atoms with E-state index in [2.05, 4.69) is 21.4 Å². The van der Waals surface area contributed by atoms with Crippen molar-refractivity contribution in [2.75, 3.05) is 6.61 Å². The van der Waals surface area contributed by atoms with Gasteiger partial charge in [-0.2, -0.15) is 5.26 Å². The molecule has 0 amide bonds. The van der Waals surface area contributed by atoms with Gasteiger partial charge in [0.25, 0.3) is 0 Å². The maximum absolute atomic E-state index is 12.7. The molecule has 0 aliphatic carbocycles. The fraction of sp³-hybridized carbons (Fsp3) is 0.238. The molecule has 2 aromatic rings. The highest BCUT2D eigenvalue weighted by Gasteiger charge is 2.35. The molecule has 1 aliphatic rings. The van der Waals surface area contributed by atoms with Crippen LogP contribution in [0.25, 0.3) is 0 Å².